The molecule has 0 saturated carbocycles. The van der Waals surface area contributed by atoms with Gasteiger partial charge in [0.1, 0.15) is 0 Å². The molecule has 0 bridgehead atoms. The number of aliphatic hydroxyl groups is 1. The second-order valence-corrected chi connectivity index (χ2v) is 14.2. The summed E-state index contributed by atoms with van der Waals surface area (Å²) >= 11 is 4.33. The normalized spacial score (nSPS) is 27.4. The highest BCUT2D eigenvalue weighted by atomic mass is 32.2. The van der Waals surface area contributed by atoms with Crippen molar-refractivity contribution in [2.24, 2.45) is 10.8 Å². The molecule has 31 heavy (non-hydrogen) atoms. The lowest BCUT2D eigenvalue weighted by Crippen LogP contribution is -2.23. The van der Waals surface area contributed by atoms with E-state index in [0.29, 0.717) is 17.1 Å². The zero-order valence-corrected chi connectivity index (χ0v) is 21.9. The summed E-state index contributed by atoms with van der Waals surface area (Å²) in [6.07, 6.45) is 19.5. The summed E-state index contributed by atoms with van der Waals surface area (Å²) in [4.78, 5) is 11.2. The van der Waals surface area contributed by atoms with Crippen LogP contribution in [0.25, 0.3) is 0 Å². The number of unbranched alkanes of at least 4 members (excludes halogenated alkanes) is 2. The van der Waals surface area contributed by atoms with Gasteiger partial charge in [0.2, 0.25) is 0 Å². The molecule has 2 aliphatic heterocycles. The van der Waals surface area contributed by atoms with Gasteiger partial charge in [0, 0.05) is 27.6 Å². The molecule has 0 amide bonds. The van der Waals surface area contributed by atoms with Gasteiger partial charge >= 0.3 is 5.97 Å². The minimum Gasteiger partial charge on any atom is -0.481 e. The predicted octanol–water partition coefficient (Wildman–Crippen LogP) is 7.32. The fraction of sp³-hybridized carbons (Fsp3) is 0.885. The third kappa shape index (κ3) is 10.1. The monoisotopic (exact) mass is 470 g/mol. The first-order chi connectivity index (χ1) is 14.6. The zero-order chi connectivity index (χ0) is 22.9. The molecule has 2 saturated heterocycles. The van der Waals surface area contributed by atoms with E-state index in [1.54, 1.807) is 0 Å². The number of carboxylic acid groups (broad SMARTS) is 1. The quantitative estimate of drug-likeness (QED) is 0.206. The van der Waals surface area contributed by atoms with Gasteiger partial charge in [-0.2, -0.15) is 23.5 Å². The van der Waals surface area contributed by atoms with E-state index < -0.39 is 11.4 Å². The molecule has 2 heterocycles. The molecular weight excluding hydrogens is 424 g/mol. The Bertz CT molecular complexity index is 573. The highest BCUT2D eigenvalue weighted by Crippen LogP contribution is 2.40. The fourth-order valence-electron chi connectivity index (χ4n) is 4.52. The van der Waals surface area contributed by atoms with E-state index in [9.17, 15) is 15.0 Å². The summed E-state index contributed by atoms with van der Waals surface area (Å²) in [6, 6.07) is 0. The fourth-order valence-corrected chi connectivity index (χ4v) is 7.57. The minimum absolute atomic E-state index is 0.0833. The molecule has 0 aliphatic carbocycles. The standard InChI is InChI=1S/C26H46O3S2/c1-25(2,19-27)17-7-5-9-20-11-13-22(30-20)15-16-23-14-12-21(31-23)10-6-8-18-26(3,4)24(28)29/h15-16,20-23,27H,5-14,17-19H2,1-4H3,(H,28,29)/b16-15+. The first-order valence-electron chi connectivity index (χ1n) is 12.4. The molecule has 0 aromatic carbocycles. The molecule has 0 aromatic rings. The van der Waals surface area contributed by atoms with E-state index in [0.717, 1.165) is 36.2 Å². The predicted molar refractivity (Wildman–Crippen MR) is 137 cm³/mol. The summed E-state index contributed by atoms with van der Waals surface area (Å²) in [5, 5.41) is 21.6. The molecule has 180 valence electrons. The molecule has 2 aliphatic rings. The average Bonchev–Trinajstić information content (AvgIpc) is 3.36. The molecule has 4 atom stereocenters. The van der Waals surface area contributed by atoms with Crippen molar-refractivity contribution in [3.05, 3.63) is 12.2 Å². The second-order valence-electron chi connectivity index (χ2n) is 11.1. The second kappa shape index (κ2) is 12.9. The summed E-state index contributed by atoms with van der Waals surface area (Å²) in [5.74, 6) is -0.675. The van der Waals surface area contributed by atoms with Crippen molar-refractivity contribution < 1.29 is 15.0 Å². The van der Waals surface area contributed by atoms with Crippen LogP contribution in [0.5, 0.6) is 0 Å². The van der Waals surface area contributed by atoms with Crippen LogP contribution in [0.4, 0.5) is 0 Å². The van der Waals surface area contributed by atoms with Gasteiger partial charge < -0.3 is 10.2 Å². The van der Waals surface area contributed by atoms with Crippen LogP contribution in [0.1, 0.15) is 105 Å². The van der Waals surface area contributed by atoms with Crippen LogP contribution in [-0.2, 0) is 4.79 Å². The van der Waals surface area contributed by atoms with Gasteiger partial charge in [-0.1, -0.05) is 51.7 Å². The highest BCUT2D eigenvalue weighted by Gasteiger charge is 2.28. The summed E-state index contributed by atoms with van der Waals surface area (Å²) in [6.45, 7) is 8.28. The van der Waals surface area contributed by atoms with E-state index in [-0.39, 0.29) is 5.41 Å². The Morgan fingerprint density at radius 3 is 1.77 bits per heavy atom. The van der Waals surface area contributed by atoms with Gasteiger partial charge in [-0.05, 0) is 70.6 Å². The Kier molecular flexibility index (Phi) is 11.3. The first kappa shape index (κ1) is 27.1. The third-order valence-corrected chi connectivity index (χ3v) is 10.2. The Morgan fingerprint density at radius 2 is 1.32 bits per heavy atom. The van der Waals surface area contributed by atoms with Gasteiger partial charge in [0.25, 0.3) is 0 Å². The van der Waals surface area contributed by atoms with E-state index in [1.807, 2.05) is 13.8 Å². The lowest BCUT2D eigenvalue weighted by Gasteiger charge is -2.21. The van der Waals surface area contributed by atoms with Crippen molar-refractivity contribution in [1.29, 1.82) is 0 Å². The maximum atomic E-state index is 11.2. The Balaban J connectivity index is 1.56. The van der Waals surface area contributed by atoms with Crippen molar-refractivity contribution in [3.8, 4) is 0 Å². The highest BCUT2D eigenvalue weighted by molar-refractivity contribution is 8.01. The topological polar surface area (TPSA) is 57.5 Å². The van der Waals surface area contributed by atoms with Gasteiger partial charge in [0.15, 0.2) is 0 Å². The Morgan fingerprint density at radius 1 is 0.839 bits per heavy atom. The number of thioether (sulfide) groups is 2. The van der Waals surface area contributed by atoms with Crippen molar-refractivity contribution in [1.82, 2.24) is 0 Å². The number of carboxylic acids is 1. The Labute approximate surface area is 199 Å². The lowest BCUT2D eigenvalue weighted by molar-refractivity contribution is -0.147. The molecule has 0 aromatic heterocycles. The molecule has 0 spiro atoms. The minimum atomic E-state index is -0.675. The van der Waals surface area contributed by atoms with Crippen LogP contribution in [0, 0.1) is 10.8 Å². The van der Waals surface area contributed by atoms with Gasteiger partial charge in [0.05, 0.1) is 5.41 Å². The molecule has 2 rings (SSSR count). The Hall–Kier alpha value is -0.130. The van der Waals surface area contributed by atoms with E-state index in [4.69, 9.17) is 0 Å². The van der Waals surface area contributed by atoms with Crippen LogP contribution < -0.4 is 0 Å². The number of hydrogen-bond acceptors (Lipinski definition) is 4. The van der Waals surface area contributed by atoms with Crippen LogP contribution in [0.15, 0.2) is 12.2 Å². The SMILES string of the molecule is CC(C)(CO)CCCCC1CCC(/C=C/C2CCC(CCCCC(C)(C)C(=O)O)S2)S1. The molecule has 0 radical (unpaired) electrons. The van der Waals surface area contributed by atoms with Crippen molar-refractivity contribution in [2.75, 3.05) is 6.61 Å². The van der Waals surface area contributed by atoms with E-state index in [1.165, 1.54) is 51.4 Å². The molecule has 2 fully saturated rings. The van der Waals surface area contributed by atoms with Gasteiger partial charge in [-0.3, -0.25) is 4.79 Å². The van der Waals surface area contributed by atoms with Crippen LogP contribution >= 0.6 is 23.5 Å². The van der Waals surface area contributed by atoms with E-state index in [2.05, 4.69) is 49.5 Å². The van der Waals surface area contributed by atoms with Crippen LogP contribution in [0.3, 0.4) is 0 Å². The largest absolute Gasteiger partial charge is 0.481 e. The van der Waals surface area contributed by atoms with E-state index >= 15 is 0 Å². The average molecular weight is 471 g/mol. The van der Waals surface area contributed by atoms with Gasteiger partial charge in [-0.25, -0.2) is 0 Å². The maximum absolute atomic E-state index is 11.2. The third-order valence-electron chi connectivity index (χ3n) is 7.04. The summed E-state index contributed by atoms with van der Waals surface area (Å²) in [5.41, 5.74) is -0.499. The lowest BCUT2D eigenvalue weighted by atomic mass is 9.87. The van der Waals surface area contributed by atoms with Crippen molar-refractivity contribution in [3.63, 3.8) is 0 Å². The smallest absolute Gasteiger partial charge is 0.309 e. The van der Waals surface area contributed by atoms with Crippen molar-refractivity contribution in [2.45, 2.75) is 126 Å². The van der Waals surface area contributed by atoms with Gasteiger partial charge in [-0.15, -0.1) is 0 Å². The molecule has 4 unspecified atom stereocenters. The molecule has 2 N–H and O–H groups in total. The molecular formula is C26H46O3S2. The van der Waals surface area contributed by atoms with Crippen LogP contribution in [-0.4, -0.2) is 43.8 Å². The van der Waals surface area contributed by atoms with Crippen LogP contribution in [0.2, 0.25) is 0 Å². The summed E-state index contributed by atoms with van der Waals surface area (Å²) < 4.78 is 0. The number of rotatable bonds is 14. The number of aliphatic carboxylic acids is 1. The first-order valence-corrected chi connectivity index (χ1v) is 14.3. The number of hydrogen-bond donors (Lipinski definition) is 2. The number of aliphatic hydroxyl groups excluding tert-OH is 1. The summed E-state index contributed by atoms with van der Waals surface area (Å²) in [7, 11) is 0. The maximum Gasteiger partial charge on any atom is 0.309 e. The van der Waals surface area contributed by atoms with Crippen molar-refractivity contribution >= 4 is 29.5 Å². The zero-order valence-electron chi connectivity index (χ0n) is 20.3. The number of carbonyl (C=O) groups is 1. The molecule has 5 heteroatoms. The molecule has 3 nitrogen and oxygen atoms in total.